The second-order valence-corrected chi connectivity index (χ2v) is 15.4. The first-order chi connectivity index (χ1) is 22.6. The fourth-order valence-electron chi connectivity index (χ4n) is 6.33. The van der Waals surface area contributed by atoms with Crippen LogP contribution in [0.2, 0.25) is 0 Å². The number of aromatic nitrogens is 3. The van der Waals surface area contributed by atoms with E-state index in [2.05, 4.69) is 29.0 Å². The number of benzene rings is 1. The summed E-state index contributed by atoms with van der Waals surface area (Å²) in [4.78, 5) is 17.2. The Balaban J connectivity index is 1.43. The van der Waals surface area contributed by atoms with Crippen molar-refractivity contribution in [2.24, 2.45) is 5.92 Å². The molecule has 1 unspecified atom stereocenters. The highest BCUT2D eigenvalue weighted by Crippen LogP contribution is 2.52. The Labute approximate surface area is 282 Å². The van der Waals surface area contributed by atoms with Crippen LogP contribution in [0, 0.1) is 12.8 Å². The molecule has 13 nitrogen and oxygen atoms in total. The van der Waals surface area contributed by atoms with Gasteiger partial charge in [0.25, 0.3) is 0 Å². The van der Waals surface area contributed by atoms with Gasteiger partial charge in [0.2, 0.25) is 0 Å². The van der Waals surface area contributed by atoms with Crippen LogP contribution < -0.4 is 15.3 Å². The molecule has 264 valence electrons. The van der Waals surface area contributed by atoms with Gasteiger partial charge in [-0.15, -0.1) is 0 Å². The summed E-state index contributed by atoms with van der Waals surface area (Å²) in [5.74, 6) is -0.459. The van der Waals surface area contributed by atoms with Crippen molar-refractivity contribution in [3.8, 4) is 5.75 Å². The van der Waals surface area contributed by atoms with Crippen molar-refractivity contribution < 1.29 is 37.4 Å². The van der Waals surface area contributed by atoms with Crippen molar-refractivity contribution in [1.82, 2.24) is 19.7 Å². The summed E-state index contributed by atoms with van der Waals surface area (Å²) in [5.41, 5.74) is 8.12. The van der Waals surface area contributed by atoms with E-state index in [1.807, 2.05) is 71.9 Å². The monoisotopic (exact) mass is 687 g/mol. The quantitative estimate of drug-likeness (QED) is 0.150. The van der Waals surface area contributed by atoms with E-state index in [1.54, 1.807) is 11.4 Å². The highest BCUT2D eigenvalue weighted by atomic mass is 31.2. The maximum absolute atomic E-state index is 14.7. The summed E-state index contributed by atoms with van der Waals surface area (Å²) in [5, 5.41) is 7.25. The van der Waals surface area contributed by atoms with E-state index in [4.69, 9.17) is 33.7 Å². The van der Waals surface area contributed by atoms with Crippen LogP contribution in [0.15, 0.2) is 36.7 Å². The molecule has 2 fully saturated rings. The number of nitrogens with one attached hydrogen (secondary N) is 1. The molecule has 0 saturated carbocycles. The van der Waals surface area contributed by atoms with Gasteiger partial charge in [-0.25, -0.2) is 14.1 Å². The third-order valence-corrected chi connectivity index (χ3v) is 10.8. The minimum absolute atomic E-state index is 0.0667. The van der Waals surface area contributed by atoms with Crippen molar-refractivity contribution in [2.75, 3.05) is 18.9 Å². The molecule has 2 aliphatic heterocycles. The Hall–Kier alpha value is -3.06. The number of anilines is 1. The standard InChI is InChI=1S/C34H50N5O8P/c1-10-23(11-2)17-42-32(40)22(6)38-48(41,47-26-16-21(5)12-13-24(26)20(3)4)43-18-27-29-30(46-33(7,8)45-29)34(9,44-27)28-15-14-25-31(35)36-19-37-39(25)28/h12-16,19-20,22-23,27,29-30H,10-11,17-18H2,1-9H3,(H,38,41)(H2,35,36,37)/t22-,27+,29+,30+,34-,48?/m0/s1. The van der Waals surface area contributed by atoms with Crippen LogP contribution in [0.25, 0.3) is 5.52 Å². The highest BCUT2D eigenvalue weighted by molar-refractivity contribution is 7.52. The van der Waals surface area contributed by atoms with Gasteiger partial charge in [0.15, 0.2) is 11.6 Å². The summed E-state index contributed by atoms with van der Waals surface area (Å²) in [7, 11) is -4.24. The van der Waals surface area contributed by atoms with Gasteiger partial charge in [0.05, 0.1) is 18.9 Å². The predicted octanol–water partition coefficient (Wildman–Crippen LogP) is 6.04. The molecule has 0 spiro atoms. The van der Waals surface area contributed by atoms with Crippen LogP contribution in [0.5, 0.6) is 5.75 Å². The van der Waals surface area contributed by atoms with E-state index in [0.717, 1.165) is 24.0 Å². The first-order valence-electron chi connectivity index (χ1n) is 16.7. The van der Waals surface area contributed by atoms with Gasteiger partial charge < -0.3 is 29.2 Å². The number of hydrogen-bond acceptors (Lipinski definition) is 11. The zero-order valence-electron chi connectivity index (χ0n) is 29.4. The average Bonchev–Trinajstić information content (AvgIpc) is 3.68. The number of nitrogen functional groups attached to an aromatic ring is 1. The van der Waals surface area contributed by atoms with Crippen molar-refractivity contribution in [1.29, 1.82) is 0 Å². The summed E-state index contributed by atoms with van der Waals surface area (Å²) in [6.45, 7) is 17.3. The lowest BCUT2D eigenvalue weighted by Crippen LogP contribution is -2.39. The molecule has 4 heterocycles. The molecule has 3 N–H and O–H groups in total. The smallest absolute Gasteiger partial charge is 0.459 e. The molecular weight excluding hydrogens is 637 g/mol. The van der Waals surface area contributed by atoms with Gasteiger partial charge in [-0.2, -0.15) is 10.2 Å². The molecule has 0 aliphatic carbocycles. The van der Waals surface area contributed by atoms with Crippen LogP contribution in [-0.4, -0.2) is 63.9 Å². The SMILES string of the molecule is CCC(CC)COC(=O)[C@H](C)NP(=O)(OC[C@H]1O[C@@](C)(c2ccc3c(N)ncnn23)[C@@H]2OC(C)(C)O[C@@H]21)Oc1cc(C)ccc1C(C)C. The van der Waals surface area contributed by atoms with Crippen LogP contribution in [-0.2, 0) is 38.4 Å². The third-order valence-electron chi connectivity index (χ3n) is 9.16. The maximum Gasteiger partial charge on any atom is 0.459 e. The molecule has 48 heavy (non-hydrogen) atoms. The number of esters is 1. The second-order valence-electron chi connectivity index (χ2n) is 13.7. The normalized spacial score (nSPS) is 25.4. The first kappa shape index (κ1) is 36.2. The molecule has 0 amide bonds. The Morgan fingerprint density at radius 1 is 1.10 bits per heavy atom. The summed E-state index contributed by atoms with van der Waals surface area (Å²) in [6, 6.07) is 8.41. The Morgan fingerprint density at radius 3 is 2.52 bits per heavy atom. The highest BCUT2D eigenvalue weighted by Gasteiger charge is 2.62. The van der Waals surface area contributed by atoms with Gasteiger partial charge in [-0.1, -0.05) is 52.7 Å². The molecule has 2 aliphatic rings. The molecular formula is C34H50N5O8P. The summed E-state index contributed by atoms with van der Waals surface area (Å²) >= 11 is 0. The van der Waals surface area contributed by atoms with Gasteiger partial charge in [-0.05, 0) is 75.8 Å². The number of fused-ring (bicyclic) bond motifs is 2. The third kappa shape index (κ3) is 7.41. The Bertz CT molecular complexity index is 1660. The van der Waals surface area contributed by atoms with Gasteiger partial charge in [0, 0.05) is 0 Å². The maximum atomic E-state index is 14.7. The van der Waals surface area contributed by atoms with Crippen molar-refractivity contribution in [3.63, 3.8) is 0 Å². The molecule has 5 rings (SSSR count). The number of aryl methyl sites for hydroxylation is 1. The van der Waals surface area contributed by atoms with Gasteiger partial charge >= 0.3 is 13.7 Å². The van der Waals surface area contributed by atoms with Gasteiger partial charge in [0.1, 0.15) is 47.5 Å². The molecule has 3 aromatic rings. The first-order valence-corrected chi connectivity index (χ1v) is 18.2. The number of carbonyl (C=O) groups excluding carboxylic acids is 1. The number of nitrogens with two attached hydrogens (primary N) is 1. The Kier molecular flexibility index (Phi) is 10.6. The average molecular weight is 688 g/mol. The van der Waals surface area contributed by atoms with E-state index in [0.29, 0.717) is 22.8 Å². The molecule has 2 aromatic heterocycles. The number of hydrogen-bond donors (Lipinski definition) is 2. The van der Waals surface area contributed by atoms with E-state index < -0.39 is 49.5 Å². The lowest BCUT2D eigenvalue weighted by Gasteiger charge is -2.31. The predicted molar refractivity (Wildman–Crippen MR) is 181 cm³/mol. The lowest BCUT2D eigenvalue weighted by atomic mass is 9.93. The van der Waals surface area contributed by atoms with Crippen LogP contribution in [0.1, 0.15) is 91.0 Å². The lowest BCUT2D eigenvalue weighted by molar-refractivity contribution is -0.211. The summed E-state index contributed by atoms with van der Waals surface area (Å²) < 4.78 is 53.8. The zero-order valence-corrected chi connectivity index (χ0v) is 30.3. The number of rotatable bonds is 14. The number of nitrogens with zero attached hydrogens (tertiary/aromatic N) is 3. The molecule has 0 radical (unpaired) electrons. The minimum atomic E-state index is -4.24. The molecule has 0 bridgehead atoms. The molecule has 2 saturated heterocycles. The molecule has 14 heteroatoms. The van der Waals surface area contributed by atoms with E-state index in [-0.39, 0.29) is 25.0 Å². The zero-order chi connectivity index (χ0) is 35.0. The topological polar surface area (TPSA) is 158 Å². The largest absolute Gasteiger partial charge is 0.464 e. The number of carbonyl (C=O) groups is 1. The fourth-order valence-corrected chi connectivity index (χ4v) is 7.85. The minimum Gasteiger partial charge on any atom is -0.464 e. The molecule has 6 atom stereocenters. The van der Waals surface area contributed by atoms with E-state index in [1.165, 1.54) is 6.33 Å². The van der Waals surface area contributed by atoms with E-state index in [9.17, 15) is 9.36 Å². The fraction of sp³-hybridized carbons (Fsp3) is 0.618. The Morgan fingerprint density at radius 2 is 1.83 bits per heavy atom. The van der Waals surface area contributed by atoms with Crippen LogP contribution >= 0.6 is 7.75 Å². The van der Waals surface area contributed by atoms with Gasteiger partial charge in [-0.3, -0.25) is 9.32 Å². The summed E-state index contributed by atoms with van der Waals surface area (Å²) in [6.07, 6.45) is 1.22. The second kappa shape index (κ2) is 14.0. The van der Waals surface area contributed by atoms with Crippen molar-refractivity contribution >= 4 is 25.1 Å². The van der Waals surface area contributed by atoms with Crippen LogP contribution in [0.4, 0.5) is 5.82 Å². The molecule has 1 aromatic carbocycles. The van der Waals surface area contributed by atoms with E-state index >= 15 is 0 Å². The van der Waals surface area contributed by atoms with Crippen molar-refractivity contribution in [3.05, 3.63) is 53.5 Å². The number of ether oxygens (including phenoxy) is 4. The van der Waals surface area contributed by atoms with Crippen molar-refractivity contribution in [2.45, 2.75) is 117 Å². The van der Waals surface area contributed by atoms with Crippen LogP contribution in [0.3, 0.4) is 0 Å².